The molecule has 0 bridgehead atoms. The smallest absolute Gasteiger partial charge is 0.229 e. The van der Waals surface area contributed by atoms with E-state index in [2.05, 4.69) is 67.0 Å². The van der Waals surface area contributed by atoms with Gasteiger partial charge >= 0.3 is 0 Å². The summed E-state index contributed by atoms with van der Waals surface area (Å²) in [6, 6.07) is 8.17. The van der Waals surface area contributed by atoms with E-state index in [9.17, 15) is 0 Å². The minimum atomic E-state index is 0.630. The Morgan fingerprint density at radius 2 is 1.96 bits per heavy atom. The second-order valence-electron chi connectivity index (χ2n) is 5.77. The molecule has 1 aliphatic rings. The lowest BCUT2D eigenvalue weighted by atomic mass is 10.2. The summed E-state index contributed by atoms with van der Waals surface area (Å²) >= 11 is 3.58. The van der Waals surface area contributed by atoms with Gasteiger partial charge in [0.05, 0.1) is 5.69 Å². The number of likely N-dealkylation sites (N-methyl/N-ethyl adjacent to an activating group) is 1. The Morgan fingerprint density at radius 1 is 1.17 bits per heavy atom. The van der Waals surface area contributed by atoms with E-state index >= 15 is 0 Å². The molecule has 0 spiro atoms. The van der Waals surface area contributed by atoms with Crippen molar-refractivity contribution >= 4 is 33.4 Å². The van der Waals surface area contributed by atoms with Crippen molar-refractivity contribution in [1.82, 2.24) is 14.9 Å². The molecule has 0 amide bonds. The van der Waals surface area contributed by atoms with Crippen molar-refractivity contribution in [3.05, 3.63) is 40.5 Å². The molecule has 5 nitrogen and oxygen atoms in total. The van der Waals surface area contributed by atoms with Crippen molar-refractivity contribution in [2.75, 3.05) is 42.9 Å². The van der Waals surface area contributed by atoms with Crippen LogP contribution in [0, 0.1) is 6.92 Å². The number of aromatic nitrogens is 2. The number of hydrogen-bond donors (Lipinski definition) is 1. The average molecular weight is 376 g/mol. The standard InChI is InChI=1S/C17H22BrN5/c1-3-22-8-10-23(11-9-22)16-6-7-19-17(21-16)20-15-5-4-13(2)12-14(15)18/h4-7,12H,3,8-11H2,1-2H3,(H,19,20,21). The molecule has 6 heteroatoms. The Labute approximate surface area is 145 Å². The molecule has 23 heavy (non-hydrogen) atoms. The fourth-order valence-corrected chi connectivity index (χ4v) is 3.31. The number of benzene rings is 1. The number of piperazine rings is 1. The molecule has 122 valence electrons. The van der Waals surface area contributed by atoms with Crippen molar-refractivity contribution < 1.29 is 0 Å². The van der Waals surface area contributed by atoms with Gasteiger partial charge in [0.1, 0.15) is 5.82 Å². The molecule has 3 rings (SSSR count). The van der Waals surface area contributed by atoms with Gasteiger partial charge in [0.25, 0.3) is 0 Å². The fourth-order valence-electron chi connectivity index (χ4n) is 2.72. The van der Waals surface area contributed by atoms with Gasteiger partial charge in [0.2, 0.25) is 5.95 Å². The Morgan fingerprint density at radius 3 is 2.65 bits per heavy atom. The first-order chi connectivity index (χ1) is 11.2. The lowest BCUT2D eigenvalue weighted by Gasteiger charge is -2.34. The van der Waals surface area contributed by atoms with E-state index in [4.69, 9.17) is 0 Å². The minimum Gasteiger partial charge on any atom is -0.354 e. The van der Waals surface area contributed by atoms with Crippen LogP contribution in [0.15, 0.2) is 34.9 Å². The highest BCUT2D eigenvalue weighted by Gasteiger charge is 2.17. The molecule has 2 aromatic rings. The average Bonchev–Trinajstić information content (AvgIpc) is 2.58. The van der Waals surface area contributed by atoms with E-state index in [0.717, 1.165) is 48.7 Å². The molecule has 0 radical (unpaired) electrons. The van der Waals surface area contributed by atoms with Crippen molar-refractivity contribution in [2.24, 2.45) is 0 Å². The zero-order valence-electron chi connectivity index (χ0n) is 13.6. The Kier molecular flexibility index (Phi) is 5.13. The molecule has 1 saturated heterocycles. The first kappa shape index (κ1) is 16.2. The Balaban J connectivity index is 1.72. The molecule has 1 aromatic carbocycles. The van der Waals surface area contributed by atoms with Crippen LogP contribution in [0.1, 0.15) is 12.5 Å². The van der Waals surface area contributed by atoms with Gasteiger partial charge in [-0.2, -0.15) is 4.98 Å². The van der Waals surface area contributed by atoms with Crippen LogP contribution in [-0.2, 0) is 0 Å². The molecule has 0 atom stereocenters. The third-order valence-corrected chi connectivity index (χ3v) is 4.81. The van der Waals surface area contributed by atoms with Crippen molar-refractivity contribution in [3.8, 4) is 0 Å². The van der Waals surface area contributed by atoms with Crippen molar-refractivity contribution in [2.45, 2.75) is 13.8 Å². The number of nitrogens with zero attached hydrogens (tertiary/aromatic N) is 4. The number of halogens is 1. The van der Waals surface area contributed by atoms with Gasteiger partial charge in [0.15, 0.2) is 0 Å². The van der Waals surface area contributed by atoms with Gasteiger partial charge in [-0.1, -0.05) is 13.0 Å². The molecular formula is C17H22BrN5. The molecule has 1 aliphatic heterocycles. The maximum absolute atomic E-state index is 4.67. The quantitative estimate of drug-likeness (QED) is 0.886. The third-order valence-electron chi connectivity index (χ3n) is 4.16. The van der Waals surface area contributed by atoms with Gasteiger partial charge in [-0.3, -0.25) is 0 Å². The van der Waals surface area contributed by atoms with E-state index in [1.165, 1.54) is 5.56 Å². The summed E-state index contributed by atoms with van der Waals surface area (Å²) < 4.78 is 1.02. The molecular weight excluding hydrogens is 354 g/mol. The van der Waals surface area contributed by atoms with E-state index in [0.29, 0.717) is 5.95 Å². The monoisotopic (exact) mass is 375 g/mol. The summed E-state index contributed by atoms with van der Waals surface area (Å²) in [4.78, 5) is 13.8. The minimum absolute atomic E-state index is 0.630. The second-order valence-corrected chi connectivity index (χ2v) is 6.62. The topological polar surface area (TPSA) is 44.3 Å². The van der Waals surface area contributed by atoms with Crippen LogP contribution in [0.2, 0.25) is 0 Å². The van der Waals surface area contributed by atoms with Crippen molar-refractivity contribution in [1.29, 1.82) is 0 Å². The van der Waals surface area contributed by atoms with Gasteiger partial charge in [-0.15, -0.1) is 0 Å². The Hall–Kier alpha value is -1.66. The zero-order chi connectivity index (χ0) is 16.2. The van der Waals surface area contributed by atoms with E-state index in [1.54, 1.807) is 0 Å². The predicted molar refractivity (Wildman–Crippen MR) is 98.5 cm³/mol. The summed E-state index contributed by atoms with van der Waals surface area (Å²) in [5.41, 5.74) is 2.19. The fraction of sp³-hybridized carbons (Fsp3) is 0.412. The normalized spacial score (nSPS) is 15.7. The highest BCUT2D eigenvalue weighted by Crippen LogP contribution is 2.26. The number of anilines is 3. The van der Waals surface area contributed by atoms with Crippen LogP contribution >= 0.6 is 15.9 Å². The summed E-state index contributed by atoms with van der Waals surface area (Å²) in [5, 5.41) is 3.29. The Bertz CT molecular complexity index is 668. The third kappa shape index (κ3) is 4.00. The molecule has 2 heterocycles. The van der Waals surface area contributed by atoms with Crippen LogP contribution in [0.4, 0.5) is 17.5 Å². The largest absolute Gasteiger partial charge is 0.354 e. The second kappa shape index (κ2) is 7.27. The lowest BCUT2D eigenvalue weighted by molar-refractivity contribution is 0.270. The predicted octanol–water partition coefficient (Wildman–Crippen LogP) is 3.43. The first-order valence-electron chi connectivity index (χ1n) is 7.99. The van der Waals surface area contributed by atoms with Gasteiger partial charge in [-0.05, 0) is 53.2 Å². The van der Waals surface area contributed by atoms with Gasteiger partial charge in [-0.25, -0.2) is 4.98 Å². The highest BCUT2D eigenvalue weighted by atomic mass is 79.9. The molecule has 1 fully saturated rings. The molecule has 1 aromatic heterocycles. The molecule has 0 unspecified atom stereocenters. The SMILES string of the molecule is CCN1CCN(c2ccnc(Nc3ccc(C)cc3Br)n2)CC1. The molecule has 0 saturated carbocycles. The van der Waals surface area contributed by atoms with E-state index in [1.807, 2.05) is 18.3 Å². The highest BCUT2D eigenvalue weighted by molar-refractivity contribution is 9.10. The summed E-state index contributed by atoms with van der Waals surface area (Å²) in [5.74, 6) is 1.62. The van der Waals surface area contributed by atoms with Crippen LogP contribution in [0.3, 0.4) is 0 Å². The molecule has 1 N–H and O–H groups in total. The van der Waals surface area contributed by atoms with Crippen molar-refractivity contribution in [3.63, 3.8) is 0 Å². The molecule has 0 aliphatic carbocycles. The van der Waals surface area contributed by atoms with Crippen LogP contribution < -0.4 is 10.2 Å². The van der Waals surface area contributed by atoms with Crippen LogP contribution in [-0.4, -0.2) is 47.6 Å². The van der Waals surface area contributed by atoms with Crippen LogP contribution in [0.25, 0.3) is 0 Å². The number of rotatable bonds is 4. The number of nitrogens with one attached hydrogen (secondary N) is 1. The van der Waals surface area contributed by atoms with Crippen LogP contribution in [0.5, 0.6) is 0 Å². The number of hydrogen-bond acceptors (Lipinski definition) is 5. The van der Waals surface area contributed by atoms with Gasteiger partial charge < -0.3 is 15.1 Å². The lowest BCUT2D eigenvalue weighted by Crippen LogP contribution is -2.46. The zero-order valence-corrected chi connectivity index (χ0v) is 15.2. The first-order valence-corrected chi connectivity index (χ1v) is 8.78. The maximum Gasteiger partial charge on any atom is 0.229 e. The van der Waals surface area contributed by atoms with Gasteiger partial charge in [0, 0.05) is 36.8 Å². The summed E-state index contributed by atoms with van der Waals surface area (Å²) in [6.45, 7) is 9.60. The van der Waals surface area contributed by atoms with E-state index in [-0.39, 0.29) is 0 Å². The summed E-state index contributed by atoms with van der Waals surface area (Å²) in [7, 11) is 0. The van der Waals surface area contributed by atoms with E-state index < -0.39 is 0 Å². The maximum atomic E-state index is 4.67. The summed E-state index contributed by atoms with van der Waals surface area (Å²) in [6.07, 6.45) is 1.82. The number of aryl methyl sites for hydroxylation is 1.